The van der Waals surface area contributed by atoms with Crippen LogP contribution in [0.2, 0.25) is 0 Å². The van der Waals surface area contributed by atoms with Gasteiger partial charge < -0.3 is 15.5 Å². The normalized spacial score (nSPS) is 19.7. The SMILES string of the molecule is Cc1c(N)ncnc1N1CCN(C(CN2CCCC2)c2cccc(C(F)(F)F)c2)CC1. The molecule has 0 saturated carbocycles. The molecule has 3 heterocycles. The van der Waals surface area contributed by atoms with Crippen LogP contribution >= 0.6 is 0 Å². The third-order valence-corrected chi connectivity index (χ3v) is 6.38. The van der Waals surface area contributed by atoms with E-state index < -0.39 is 11.7 Å². The Labute approximate surface area is 180 Å². The summed E-state index contributed by atoms with van der Waals surface area (Å²) in [6.07, 6.45) is -0.560. The number of anilines is 2. The van der Waals surface area contributed by atoms with Gasteiger partial charge in [-0.3, -0.25) is 4.90 Å². The fourth-order valence-corrected chi connectivity index (χ4v) is 4.58. The highest BCUT2D eigenvalue weighted by Gasteiger charge is 2.33. The summed E-state index contributed by atoms with van der Waals surface area (Å²) in [5.74, 6) is 1.31. The van der Waals surface area contributed by atoms with E-state index in [0.29, 0.717) is 5.82 Å². The van der Waals surface area contributed by atoms with Crippen molar-refractivity contribution in [1.29, 1.82) is 0 Å². The molecule has 0 aliphatic carbocycles. The lowest BCUT2D eigenvalue weighted by Gasteiger charge is -2.41. The zero-order chi connectivity index (χ0) is 22.0. The Morgan fingerprint density at radius 2 is 1.74 bits per heavy atom. The van der Waals surface area contributed by atoms with Crippen molar-refractivity contribution in [2.24, 2.45) is 0 Å². The van der Waals surface area contributed by atoms with Crippen LogP contribution in [0.4, 0.5) is 24.8 Å². The average molecular weight is 435 g/mol. The molecule has 2 aliphatic rings. The Balaban J connectivity index is 1.53. The van der Waals surface area contributed by atoms with Crippen molar-refractivity contribution in [3.63, 3.8) is 0 Å². The van der Waals surface area contributed by atoms with E-state index in [9.17, 15) is 13.2 Å². The van der Waals surface area contributed by atoms with Crippen LogP contribution in [0, 0.1) is 6.92 Å². The number of hydrogen-bond donors (Lipinski definition) is 1. The van der Waals surface area contributed by atoms with Gasteiger partial charge in [-0.15, -0.1) is 0 Å². The minimum atomic E-state index is -4.34. The van der Waals surface area contributed by atoms with Crippen LogP contribution in [-0.4, -0.2) is 65.6 Å². The number of alkyl halides is 3. The topological polar surface area (TPSA) is 61.5 Å². The van der Waals surface area contributed by atoms with Gasteiger partial charge in [0.15, 0.2) is 0 Å². The van der Waals surface area contributed by atoms with Crippen LogP contribution < -0.4 is 10.6 Å². The summed E-state index contributed by atoms with van der Waals surface area (Å²) in [6, 6.07) is 5.76. The van der Waals surface area contributed by atoms with Crippen molar-refractivity contribution in [3.8, 4) is 0 Å². The summed E-state index contributed by atoms with van der Waals surface area (Å²) in [5, 5.41) is 0. The van der Waals surface area contributed by atoms with E-state index >= 15 is 0 Å². The first-order chi connectivity index (χ1) is 14.8. The maximum Gasteiger partial charge on any atom is 0.416 e. The number of nitrogens with two attached hydrogens (primary N) is 1. The highest BCUT2D eigenvalue weighted by molar-refractivity contribution is 5.55. The fraction of sp³-hybridized carbons (Fsp3) is 0.545. The Kier molecular flexibility index (Phi) is 6.34. The largest absolute Gasteiger partial charge is 0.416 e. The van der Waals surface area contributed by atoms with Gasteiger partial charge in [-0.05, 0) is 50.6 Å². The molecule has 4 rings (SSSR count). The minimum absolute atomic E-state index is 0.0703. The third-order valence-electron chi connectivity index (χ3n) is 6.38. The van der Waals surface area contributed by atoms with Crippen LogP contribution in [0.25, 0.3) is 0 Å². The summed E-state index contributed by atoms with van der Waals surface area (Å²) in [7, 11) is 0. The van der Waals surface area contributed by atoms with Gasteiger partial charge in [-0.25, -0.2) is 9.97 Å². The van der Waals surface area contributed by atoms with Gasteiger partial charge in [0.2, 0.25) is 0 Å². The number of nitrogen functional groups attached to an aromatic ring is 1. The Morgan fingerprint density at radius 1 is 1.03 bits per heavy atom. The van der Waals surface area contributed by atoms with Crippen molar-refractivity contribution in [3.05, 3.63) is 47.3 Å². The summed E-state index contributed by atoms with van der Waals surface area (Å²) < 4.78 is 40.0. The van der Waals surface area contributed by atoms with Crippen LogP contribution in [-0.2, 0) is 6.18 Å². The Morgan fingerprint density at radius 3 is 2.42 bits per heavy atom. The van der Waals surface area contributed by atoms with Gasteiger partial charge in [0.05, 0.1) is 5.56 Å². The highest BCUT2D eigenvalue weighted by atomic mass is 19.4. The first-order valence-electron chi connectivity index (χ1n) is 10.8. The molecule has 168 valence electrons. The van der Waals surface area contributed by atoms with E-state index in [2.05, 4.69) is 24.7 Å². The molecule has 9 heteroatoms. The minimum Gasteiger partial charge on any atom is -0.383 e. The van der Waals surface area contributed by atoms with E-state index in [1.165, 1.54) is 18.5 Å². The lowest BCUT2D eigenvalue weighted by atomic mass is 10.0. The molecule has 1 aromatic carbocycles. The van der Waals surface area contributed by atoms with Gasteiger partial charge in [0.25, 0.3) is 0 Å². The number of halogens is 3. The monoisotopic (exact) mass is 434 g/mol. The molecule has 6 nitrogen and oxygen atoms in total. The summed E-state index contributed by atoms with van der Waals surface area (Å²) >= 11 is 0. The molecule has 1 unspecified atom stereocenters. The highest BCUT2D eigenvalue weighted by Crippen LogP contribution is 2.33. The summed E-state index contributed by atoms with van der Waals surface area (Å²) in [5.41, 5.74) is 6.95. The molecular formula is C22H29F3N6. The predicted octanol–water partition coefficient (Wildman–Crippen LogP) is 3.35. The molecule has 1 atom stereocenters. The molecule has 2 N–H and O–H groups in total. The quantitative estimate of drug-likeness (QED) is 0.779. The van der Waals surface area contributed by atoms with Crippen molar-refractivity contribution < 1.29 is 13.2 Å². The zero-order valence-corrected chi connectivity index (χ0v) is 17.8. The number of hydrogen-bond acceptors (Lipinski definition) is 6. The maximum absolute atomic E-state index is 13.3. The van der Waals surface area contributed by atoms with Gasteiger partial charge in [0.1, 0.15) is 18.0 Å². The molecule has 2 aromatic rings. The Bertz CT molecular complexity index is 889. The lowest BCUT2D eigenvalue weighted by Crippen LogP contribution is -2.50. The molecule has 1 aromatic heterocycles. The predicted molar refractivity (Wildman–Crippen MR) is 115 cm³/mol. The van der Waals surface area contributed by atoms with Crippen molar-refractivity contribution >= 4 is 11.6 Å². The number of likely N-dealkylation sites (tertiary alicyclic amines) is 1. The van der Waals surface area contributed by atoms with E-state index in [-0.39, 0.29) is 6.04 Å². The molecule has 2 aliphatic heterocycles. The average Bonchev–Trinajstić information content (AvgIpc) is 3.27. The van der Waals surface area contributed by atoms with Crippen LogP contribution in [0.15, 0.2) is 30.6 Å². The van der Waals surface area contributed by atoms with E-state index in [4.69, 9.17) is 5.73 Å². The number of piperazine rings is 1. The molecule has 0 amide bonds. The number of nitrogens with zero attached hydrogens (tertiary/aromatic N) is 5. The lowest BCUT2D eigenvalue weighted by molar-refractivity contribution is -0.137. The van der Waals surface area contributed by atoms with Crippen LogP contribution in [0.1, 0.15) is 35.6 Å². The molecule has 2 fully saturated rings. The summed E-state index contributed by atoms with van der Waals surface area (Å²) in [4.78, 5) is 15.3. The molecule has 0 bridgehead atoms. The number of aromatic nitrogens is 2. The third kappa shape index (κ3) is 4.93. The van der Waals surface area contributed by atoms with Gasteiger partial charge >= 0.3 is 6.18 Å². The van der Waals surface area contributed by atoms with Gasteiger partial charge in [-0.1, -0.05) is 12.1 Å². The van der Waals surface area contributed by atoms with E-state index in [1.54, 1.807) is 0 Å². The second-order valence-corrected chi connectivity index (χ2v) is 8.38. The first-order valence-corrected chi connectivity index (χ1v) is 10.8. The number of benzene rings is 1. The van der Waals surface area contributed by atoms with Crippen LogP contribution in [0.5, 0.6) is 0 Å². The maximum atomic E-state index is 13.3. The Hall–Kier alpha value is -2.39. The fourth-order valence-electron chi connectivity index (χ4n) is 4.58. The molecule has 31 heavy (non-hydrogen) atoms. The van der Waals surface area contributed by atoms with E-state index in [1.807, 2.05) is 13.0 Å². The van der Waals surface area contributed by atoms with Crippen molar-refractivity contribution in [2.45, 2.75) is 32.0 Å². The molecule has 2 saturated heterocycles. The van der Waals surface area contributed by atoms with Gasteiger partial charge in [0, 0.05) is 44.3 Å². The summed E-state index contributed by atoms with van der Waals surface area (Å²) in [6.45, 7) is 7.66. The molecule has 0 radical (unpaired) electrons. The zero-order valence-electron chi connectivity index (χ0n) is 17.8. The second kappa shape index (κ2) is 9.00. The van der Waals surface area contributed by atoms with Crippen molar-refractivity contribution in [2.75, 3.05) is 56.4 Å². The molecular weight excluding hydrogens is 405 g/mol. The smallest absolute Gasteiger partial charge is 0.383 e. The van der Waals surface area contributed by atoms with Crippen molar-refractivity contribution in [1.82, 2.24) is 19.8 Å². The second-order valence-electron chi connectivity index (χ2n) is 8.38. The number of rotatable bonds is 5. The standard InChI is InChI=1S/C22H29F3N6/c1-16-20(26)27-15-28-21(16)31-11-9-30(10-12-31)19(14-29-7-2-3-8-29)17-5-4-6-18(13-17)22(23,24)25/h4-6,13,15,19H,2-3,7-12,14H2,1H3,(H2,26,27,28). The van der Waals surface area contributed by atoms with E-state index in [0.717, 1.165) is 81.7 Å². The first kappa shape index (κ1) is 21.8. The van der Waals surface area contributed by atoms with Gasteiger partial charge in [-0.2, -0.15) is 13.2 Å². The van der Waals surface area contributed by atoms with Crippen LogP contribution in [0.3, 0.4) is 0 Å². The molecule has 0 spiro atoms.